The molecule has 18 saturated carbocycles. The first-order valence-electron chi connectivity index (χ1n) is 61.0. The van der Waals surface area contributed by atoms with Crippen molar-refractivity contribution in [3.05, 3.63) is 23.3 Å². The highest BCUT2D eigenvalue weighted by atomic mass is 32.3. The van der Waals surface area contributed by atoms with Crippen molar-refractivity contribution in [1.29, 1.82) is 0 Å². The lowest BCUT2D eigenvalue weighted by Gasteiger charge is -2.61. The van der Waals surface area contributed by atoms with Gasteiger partial charge in [0.25, 0.3) is 0 Å². The van der Waals surface area contributed by atoms with Gasteiger partial charge in [-0.3, -0.25) is 18.6 Å². The summed E-state index contributed by atoms with van der Waals surface area (Å²) in [7, 11) is -0.0429. The summed E-state index contributed by atoms with van der Waals surface area (Å²) in [5.74, 6) is 26.0. The second-order valence-electron chi connectivity index (χ2n) is 57.2. The van der Waals surface area contributed by atoms with Crippen molar-refractivity contribution in [3.63, 3.8) is 0 Å². The number of carbonyl (C=O) groups is 3. The average molecular weight is 2000 g/mol. The molecule has 15 heteroatoms. The number of ether oxygens (including phenoxy) is 3. The summed E-state index contributed by atoms with van der Waals surface area (Å²) in [6, 6.07) is 0. The molecule has 0 heterocycles. The number of carbonyl (C=O) groups excluding carboxylic acids is 3. The minimum absolute atomic E-state index is 0. The third kappa shape index (κ3) is 22.3. The molecule has 20 aliphatic carbocycles. The second-order valence-corrected chi connectivity index (χ2v) is 58.2. The predicted molar refractivity (Wildman–Crippen MR) is 579 cm³/mol. The van der Waals surface area contributed by atoms with Gasteiger partial charge in [-0.2, -0.15) is 0 Å². The topological polar surface area (TPSA) is 243 Å². The zero-order valence-corrected chi connectivity index (χ0v) is 96.5. The van der Waals surface area contributed by atoms with E-state index in [1.165, 1.54) is 272 Å². The second kappa shape index (κ2) is 46.5. The maximum atomic E-state index is 11.7. The van der Waals surface area contributed by atoms with Gasteiger partial charge in [-0.15, -0.1) is 0 Å². The van der Waals surface area contributed by atoms with Gasteiger partial charge in [-0.05, 0) is 539 Å². The maximum Gasteiger partial charge on any atom is 0.305 e. The minimum atomic E-state index is -4.57. The van der Waals surface area contributed by atoms with E-state index in [1.54, 1.807) is 5.57 Å². The van der Waals surface area contributed by atoms with E-state index in [9.17, 15) is 42.7 Å². The normalized spacial score (nSPS) is 47.3. The van der Waals surface area contributed by atoms with Gasteiger partial charge in [0, 0.05) is 25.9 Å². The lowest BCUT2D eigenvalue weighted by Crippen LogP contribution is -2.54. The van der Waals surface area contributed by atoms with Gasteiger partial charge in [-0.25, -0.2) is 8.42 Å². The molecule has 20 rings (SSSR count). The van der Waals surface area contributed by atoms with Gasteiger partial charge < -0.3 is 40.2 Å². The number of aliphatic hydroxyl groups is 3. The summed E-state index contributed by atoms with van der Waals surface area (Å²) >= 11 is 0. The van der Waals surface area contributed by atoms with Crippen molar-refractivity contribution in [3.8, 4) is 0 Å². The van der Waals surface area contributed by atoms with Crippen LogP contribution in [0.2, 0.25) is 0 Å². The van der Waals surface area contributed by atoms with E-state index in [1.807, 2.05) is 19.4 Å². The first-order chi connectivity index (χ1) is 66.8. The number of esters is 3. The summed E-state index contributed by atoms with van der Waals surface area (Å²) in [6.45, 7) is 49.8. The Hall–Kier alpha value is -2.40. The van der Waals surface area contributed by atoms with Crippen LogP contribution >= 0.6 is 0 Å². The van der Waals surface area contributed by atoms with Crippen molar-refractivity contribution in [2.24, 2.45) is 238 Å². The lowest BCUT2D eigenvalue weighted by molar-refractivity contribution is -0.142. The number of fused-ring (bicyclic) bond motifs is 25. The third-order valence-corrected chi connectivity index (χ3v) is 51.9. The molecule has 0 bridgehead atoms. The molecule has 0 aromatic rings. The Bertz CT molecular complexity index is 4210. The zero-order chi connectivity index (χ0) is 102. The zero-order valence-electron chi connectivity index (χ0n) is 95.7. The Balaban J connectivity index is 0.000000140. The summed E-state index contributed by atoms with van der Waals surface area (Å²) in [6.07, 6.45) is 70.9. The van der Waals surface area contributed by atoms with Gasteiger partial charge in [0.15, 0.2) is 0 Å². The van der Waals surface area contributed by atoms with Crippen LogP contribution in [-0.2, 0) is 43.2 Å². The molecule has 0 saturated heterocycles. The van der Waals surface area contributed by atoms with Gasteiger partial charge in [0.1, 0.15) is 0 Å². The SMILES string of the molecule is CC.COC(=O)CC[C@@H](C)[C@H]1CCC2C3CC=C4C[C@@H](C)CC[C@]4(C)C3CC[C@@]21C.COC(=O)CC[C@@H](C)[C@H]1CCC2C3CC=C4C[C@@H](O)CC[C@]4(C)C3CC[C@@]21C.COC(=O)CC[C@@H](C)[C@H]1CCC2C3CC[C@H]4C[C@@H](C)CC[C@]4(C)C3CC[C@@]21C.C[C@H](CCCOS(=O)(=O)[O-])[C@H]1CCC2C3CC[C@H]4C[C@@H](O)CC[C@]4(C)C3CC[C@@]21C.C[C@H]1CC[C@]2(C)C3CC[C@@]4(C)C(CC[C@@H]4[C@H](C)CCO)C3CC[C@H]2C1.[NH4+]. The molecular weight excluding hydrogens is 1780 g/mol. The first-order valence-corrected chi connectivity index (χ1v) is 62.3. The van der Waals surface area contributed by atoms with Crippen LogP contribution in [0.25, 0.3) is 0 Å². The van der Waals surface area contributed by atoms with Crippen molar-refractivity contribution < 1.29 is 61.1 Å². The summed E-state index contributed by atoms with van der Waals surface area (Å²) < 4.78 is 51.0. The van der Waals surface area contributed by atoms with Crippen molar-refractivity contribution in [2.45, 2.75) is 485 Å². The van der Waals surface area contributed by atoms with E-state index in [0.29, 0.717) is 128 Å². The van der Waals surface area contributed by atoms with E-state index in [4.69, 9.17) is 14.2 Å². The van der Waals surface area contributed by atoms with E-state index in [2.05, 4.69) is 141 Å². The van der Waals surface area contributed by atoms with Crippen LogP contribution < -0.4 is 6.15 Å². The molecule has 0 aliphatic heterocycles. The number of aliphatic hydroxyl groups excluding tert-OH is 3. The van der Waals surface area contributed by atoms with Crippen LogP contribution in [0.15, 0.2) is 23.3 Å². The van der Waals surface area contributed by atoms with Crippen LogP contribution in [0.4, 0.5) is 0 Å². The van der Waals surface area contributed by atoms with Crippen molar-refractivity contribution in [2.75, 3.05) is 34.5 Å². The van der Waals surface area contributed by atoms with E-state index < -0.39 is 10.4 Å². The van der Waals surface area contributed by atoms with E-state index >= 15 is 0 Å². The molecule has 0 amide bonds. The molecule has 0 aromatic heterocycles. The van der Waals surface area contributed by atoms with Gasteiger partial charge in [-0.1, -0.05) is 175 Å². The lowest BCUT2D eigenvalue weighted by atomic mass is 9.44. The molecule has 816 valence electrons. The molecule has 14 nitrogen and oxygen atoms in total. The Morgan fingerprint density at radius 2 is 0.641 bits per heavy atom. The maximum absolute atomic E-state index is 11.7. The van der Waals surface area contributed by atoms with Crippen molar-refractivity contribution >= 4 is 28.3 Å². The third-order valence-electron chi connectivity index (χ3n) is 51.4. The molecule has 20 aliphatic rings. The molecule has 142 heavy (non-hydrogen) atoms. The highest BCUT2D eigenvalue weighted by Gasteiger charge is 2.67. The molecule has 0 spiro atoms. The number of rotatable bonds is 21. The molecule has 18 fully saturated rings. The smallest absolute Gasteiger partial charge is 0.305 e. The number of hydrogen-bond acceptors (Lipinski definition) is 13. The van der Waals surface area contributed by atoms with Gasteiger partial charge >= 0.3 is 17.9 Å². The number of hydrogen-bond donors (Lipinski definition) is 4. The highest BCUT2D eigenvalue weighted by Crippen LogP contribution is 2.76. The fourth-order valence-corrected chi connectivity index (χ4v) is 44.0. The first kappa shape index (κ1) is 115. The van der Waals surface area contributed by atoms with Crippen LogP contribution in [0.1, 0.15) is 472 Å². The largest absolute Gasteiger partial charge is 0.726 e. The van der Waals surface area contributed by atoms with Crippen LogP contribution in [0, 0.1) is 238 Å². The molecule has 0 aromatic carbocycles. The van der Waals surface area contributed by atoms with Crippen LogP contribution in [-0.4, -0.2) is 92.9 Å². The number of allylic oxidation sites excluding steroid dienone is 3. The highest BCUT2D eigenvalue weighted by molar-refractivity contribution is 7.80. The predicted octanol–water partition coefficient (Wildman–Crippen LogP) is 31.8. The fraction of sp³-hybridized carbons (Fsp3) is 0.945. The summed E-state index contributed by atoms with van der Waals surface area (Å²) in [5, 5.41) is 29.8. The Labute approximate surface area is 870 Å². The van der Waals surface area contributed by atoms with Gasteiger partial charge in [0.2, 0.25) is 10.4 Å². The molecule has 15 unspecified atom stereocenters. The monoisotopic (exact) mass is 2000 g/mol. The molecule has 0 radical (unpaired) electrons. The Morgan fingerprint density at radius 1 is 0.352 bits per heavy atom. The molecular formula is C127H219NO13S. The Kier molecular flexibility index (Phi) is 37.7. The Morgan fingerprint density at radius 3 is 0.993 bits per heavy atom. The summed E-state index contributed by atoms with van der Waals surface area (Å²) in [4.78, 5) is 34.9. The van der Waals surface area contributed by atoms with Crippen LogP contribution in [0.5, 0.6) is 0 Å². The van der Waals surface area contributed by atoms with Crippen molar-refractivity contribution in [1.82, 2.24) is 6.15 Å². The standard InChI is InChI=1S/C26H44O2.C26H42O2.C25H40O3.C24H42O5S.C24H42O.C2H6.H3N/c2*1-17-12-14-25(3)19(16-17)7-8-20-22-10-9-21(18(2)6-11-24(27)28-5)26(22,4)15-13-23(20)25;1-16(5-10-23(27)28-4)20-8-9-21-19-7-6-17-15-18(26)11-13-24(17,2)22(19)12-14-25(20,21)3;1-16(5-4-14-29-30(26,27)28)20-8-9-21-19-7-6-17-15-18(25)10-12-23(17,2)22(19)11-13-24(20,21)3;1-16-9-12-23(3)18(15-16)5-6-19-21-8-7-20(17(2)11-14-25)24(21,4)13-10-22(19)23;1-2;/h17-23H,6-16H2,1-5H3;7,17-18,20-23H,6,8-16H2,1-5H3;6,16,18-22,26H,5,7-15H2,1-4H3;16-22,25H,4-15H2,1-3H3,(H,26,27,28);16-22,25H,5-15H2,1-4H3;1-2H3;1H3/t17-,18+,19-,20?,21+,22?,23?,25-,26+;17-,18+,20?,21+,22?,23?,25-,26+;16-,18+,19?,20-,21?,22?,24+,25-;16-,17+,18+,19?,20-,21?,22?,23+,24-;16-,17+,18-,19?,20+,21?,22?,23-,24+;;/m00110../s1. The minimum Gasteiger partial charge on any atom is -0.726 e. The van der Waals surface area contributed by atoms with E-state index in [0.717, 1.165) is 200 Å². The fourth-order valence-electron chi connectivity index (χ4n) is 43.7. The van der Waals surface area contributed by atoms with Crippen LogP contribution in [0.3, 0.4) is 0 Å². The molecule has 7 N–H and O–H groups in total. The number of methoxy groups -OCH3 is 3. The average Bonchev–Trinajstić information content (AvgIpc) is 1.53. The molecule has 43 atom stereocenters. The van der Waals surface area contributed by atoms with Gasteiger partial charge in [0.05, 0.1) is 40.1 Å². The quantitative estimate of drug-likeness (QED) is 0.0209. The summed E-state index contributed by atoms with van der Waals surface area (Å²) in [5.41, 5.74) is 8.32. The number of quaternary nitrogens is 1. The van der Waals surface area contributed by atoms with E-state index in [-0.39, 0.29) is 42.9 Å².